The number of ether oxygens (including phenoxy) is 1. The van der Waals surface area contributed by atoms with Gasteiger partial charge in [-0.05, 0) is 39.3 Å². The van der Waals surface area contributed by atoms with Crippen molar-refractivity contribution in [3.63, 3.8) is 0 Å². The first kappa shape index (κ1) is 13.3. The molecule has 6 heteroatoms. The van der Waals surface area contributed by atoms with Crippen LogP contribution in [0.5, 0.6) is 5.88 Å². The van der Waals surface area contributed by atoms with Gasteiger partial charge >= 0.3 is 0 Å². The minimum absolute atomic E-state index is 0.128. The summed E-state index contributed by atoms with van der Waals surface area (Å²) in [4.78, 5) is 12.4. The summed E-state index contributed by atoms with van der Waals surface area (Å²) in [6, 6.07) is 1.65. The maximum Gasteiger partial charge on any atom is 0.228 e. The molecule has 18 heavy (non-hydrogen) atoms. The Morgan fingerprint density at radius 3 is 2.39 bits per heavy atom. The van der Waals surface area contributed by atoms with Gasteiger partial charge in [0.05, 0.1) is 16.6 Å². The van der Waals surface area contributed by atoms with E-state index < -0.39 is 0 Å². The highest BCUT2D eigenvalue weighted by Gasteiger charge is 2.18. The van der Waals surface area contributed by atoms with Crippen molar-refractivity contribution in [3.05, 3.63) is 22.2 Å². The van der Waals surface area contributed by atoms with Crippen molar-refractivity contribution in [2.45, 2.75) is 33.3 Å². The van der Waals surface area contributed by atoms with Crippen LogP contribution in [0, 0.1) is 6.92 Å². The van der Waals surface area contributed by atoms with Gasteiger partial charge in [-0.2, -0.15) is 4.98 Å². The highest BCUT2D eigenvalue weighted by Crippen LogP contribution is 2.30. The molecule has 0 amide bonds. The molecule has 0 radical (unpaired) electrons. The predicted molar refractivity (Wildman–Crippen MR) is 72.5 cm³/mol. The molecule has 4 nitrogen and oxygen atoms in total. The largest absolute Gasteiger partial charge is 0.471 e. The molecular formula is C12H13Cl2N3O. The second kappa shape index (κ2) is 4.52. The zero-order valence-electron chi connectivity index (χ0n) is 10.6. The van der Waals surface area contributed by atoms with Gasteiger partial charge in [0.2, 0.25) is 11.2 Å². The highest BCUT2D eigenvalue weighted by molar-refractivity contribution is 6.30. The lowest BCUT2D eigenvalue weighted by Gasteiger charge is -2.21. The fraction of sp³-hybridized carbons (Fsp3) is 0.417. The smallest absolute Gasteiger partial charge is 0.228 e. The summed E-state index contributed by atoms with van der Waals surface area (Å²) in [6.45, 7) is 7.65. The lowest BCUT2D eigenvalue weighted by molar-refractivity contribution is 0.126. The van der Waals surface area contributed by atoms with E-state index in [1.807, 2.05) is 27.7 Å². The number of nitrogens with zero attached hydrogens (tertiary/aromatic N) is 3. The van der Waals surface area contributed by atoms with E-state index in [0.29, 0.717) is 22.2 Å². The van der Waals surface area contributed by atoms with Crippen LogP contribution in [-0.2, 0) is 0 Å². The van der Waals surface area contributed by atoms with Crippen molar-refractivity contribution in [1.82, 2.24) is 15.0 Å². The van der Waals surface area contributed by atoms with E-state index in [2.05, 4.69) is 15.0 Å². The van der Waals surface area contributed by atoms with Gasteiger partial charge in [0.1, 0.15) is 10.8 Å². The van der Waals surface area contributed by atoms with E-state index in [-0.39, 0.29) is 10.9 Å². The molecular weight excluding hydrogens is 273 g/mol. The van der Waals surface area contributed by atoms with E-state index in [4.69, 9.17) is 27.9 Å². The number of fused-ring (bicyclic) bond motifs is 1. The van der Waals surface area contributed by atoms with Gasteiger partial charge in [0, 0.05) is 6.07 Å². The second-order valence-electron chi connectivity index (χ2n) is 4.94. The van der Waals surface area contributed by atoms with Crippen LogP contribution in [0.2, 0.25) is 10.4 Å². The molecule has 2 rings (SSSR count). The van der Waals surface area contributed by atoms with Crippen molar-refractivity contribution in [1.29, 1.82) is 0 Å². The summed E-state index contributed by atoms with van der Waals surface area (Å²) in [5.41, 5.74) is 0.969. The number of hydrogen-bond donors (Lipinski definition) is 0. The molecule has 2 aromatic rings. The standard InChI is InChI=1S/C12H13Cl2N3O/c1-6-9-7(5-8(13)15-6)16-11(14)17-10(9)18-12(2,3)4/h5H,1-4H3. The molecule has 0 saturated carbocycles. The molecule has 2 heterocycles. The van der Waals surface area contributed by atoms with Crippen LogP contribution in [0.1, 0.15) is 26.5 Å². The molecule has 0 aliphatic rings. The summed E-state index contributed by atoms with van der Waals surface area (Å²) in [5.74, 6) is 0.430. The minimum atomic E-state index is -0.378. The Balaban J connectivity index is 2.72. The fourth-order valence-electron chi connectivity index (χ4n) is 1.60. The molecule has 0 N–H and O–H groups in total. The third kappa shape index (κ3) is 2.82. The van der Waals surface area contributed by atoms with E-state index >= 15 is 0 Å². The highest BCUT2D eigenvalue weighted by atomic mass is 35.5. The Bertz CT molecular complexity index is 603. The number of pyridine rings is 1. The van der Waals surface area contributed by atoms with Crippen LogP contribution < -0.4 is 4.74 Å². The monoisotopic (exact) mass is 285 g/mol. The molecule has 0 saturated heterocycles. The van der Waals surface area contributed by atoms with Gasteiger partial charge in [-0.3, -0.25) is 0 Å². The first-order chi connectivity index (χ1) is 8.26. The Kier molecular flexibility index (Phi) is 3.34. The number of rotatable bonds is 1. The van der Waals surface area contributed by atoms with Crippen molar-refractivity contribution in [2.24, 2.45) is 0 Å². The molecule has 0 fully saturated rings. The Hall–Kier alpha value is -1.13. The maximum atomic E-state index is 5.91. The predicted octanol–water partition coefficient (Wildman–Crippen LogP) is 3.82. The summed E-state index contributed by atoms with van der Waals surface area (Å²) in [5, 5.41) is 1.23. The van der Waals surface area contributed by atoms with Crippen LogP contribution in [-0.4, -0.2) is 20.6 Å². The zero-order valence-corrected chi connectivity index (χ0v) is 12.1. The summed E-state index contributed by atoms with van der Waals surface area (Å²) in [6.07, 6.45) is 0. The molecule has 0 aliphatic heterocycles. The first-order valence-corrected chi connectivity index (χ1v) is 6.21. The lowest BCUT2D eigenvalue weighted by Crippen LogP contribution is -2.24. The number of halogens is 2. The SMILES string of the molecule is Cc1nc(Cl)cc2nc(Cl)nc(OC(C)(C)C)c12. The van der Waals surface area contributed by atoms with E-state index in [9.17, 15) is 0 Å². The maximum absolute atomic E-state index is 5.91. The third-order valence-electron chi connectivity index (χ3n) is 2.17. The van der Waals surface area contributed by atoms with Crippen LogP contribution in [0.25, 0.3) is 10.9 Å². The van der Waals surface area contributed by atoms with Crippen LogP contribution in [0.3, 0.4) is 0 Å². The molecule has 2 aromatic heterocycles. The van der Waals surface area contributed by atoms with Gasteiger partial charge in [0.15, 0.2) is 0 Å². The number of aromatic nitrogens is 3. The Labute approximate surface area is 115 Å². The zero-order chi connectivity index (χ0) is 13.5. The minimum Gasteiger partial charge on any atom is -0.471 e. The average Bonchev–Trinajstić information content (AvgIpc) is 2.11. The van der Waals surface area contributed by atoms with Gasteiger partial charge < -0.3 is 4.74 Å². The molecule has 0 bridgehead atoms. The molecule has 96 valence electrons. The van der Waals surface area contributed by atoms with Crippen molar-refractivity contribution >= 4 is 34.1 Å². The van der Waals surface area contributed by atoms with Crippen LogP contribution in [0.15, 0.2) is 6.07 Å². The first-order valence-electron chi connectivity index (χ1n) is 5.46. The normalized spacial score (nSPS) is 11.9. The van der Waals surface area contributed by atoms with Crippen molar-refractivity contribution < 1.29 is 4.74 Å². The Morgan fingerprint density at radius 2 is 1.78 bits per heavy atom. The molecule has 0 spiro atoms. The van der Waals surface area contributed by atoms with Crippen LogP contribution in [0.4, 0.5) is 0 Å². The van der Waals surface area contributed by atoms with E-state index in [0.717, 1.165) is 5.39 Å². The summed E-state index contributed by atoms with van der Waals surface area (Å²) >= 11 is 11.8. The quantitative estimate of drug-likeness (QED) is 0.590. The number of aryl methyl sites for hydroxylation is 1. The van der Waals surface area contributed by atoms with Gasteiger partial charge in [-0.1, -0.05) is 11.6 Å². The second-order valence-corrected chi connectivity index (χ2v) is 5.66. The molecule has 0 aliphatic carbocycles. The van der Waals surface area contributed by atoms with Crippen molar-refractivity contribution in [3.8, 4) is 5.88 Å². The summed E-state index contributed by atoms with van der Waals surface area (Å²) in [7, 11) is 0. The van der Waals surface area contributed by atoms with Crippen molar-refractivity contribution in [2.75, 3.05) is 0 Å². The topological polar surface area (TPSA) is 47.9 Å². The van der Waals surface area contributed by atoms with Crippen LogP contribution >= 0.6 is 23.2 Å². The van der Waals surface area contributed by atoms with E-state index in [1.54, 1.807) is 6.07 Å². The van der Waals surface area contributed by atoms with Gasteiger partial charge in [-0.25, -0.2) is 9.97 Å². The molecule has 0 aromatic carbocycles. The van der Waals surface area contributed by atoms with Gasteiger partial charge in [-0.15, -0.1) is 0 Å². The fourth-order valence-corrected chi connectivity index (χ4v) is 2.00. The third-order valence-corrected chi connectivity index (χ3v) is 2.53. The molecule has 0 atom stereocenters. The lowest BCUT2D eigenvalue weighted by atomic mass is 10.2. The van der Waals surface area contributed by atoms with E-state index in [1.165, 1.54) is 0 Å². The Morgan fingerprint density at radius 1 is 1.11 bits per heavy atom. The number of hydrogen-bond acceptors (Lipinski definition) is 4. The molecule has 0 unspecified atom stereocenters. The average molecular weight is 286 g/mol. The van der Waals surface area contributed by atoms with Gasteiger partial charge in [0.25, 0.3) is 0 Å². The summed E-state index contributed by atoms with van der Waals surface area (Å²) < 4.78 is 5.80.